The summed E-state index contributed by atoms with van der Waals surface area (Å²) in [5.74, 6) is 1.61. The first-order chi connectivity index (χ1) is 13.0. The van der Waals surface area contributed by atoms with Crippen molar-refractivity contribution in [3.8, 4) is 11.5 Å². The van der Waals surface area contributed by atoms with Gasteiger partial charge in [0.05, 0.1) is 19.6 Å². The molecular weight excluding hydrogens is 340 g/mol. The topological polar surface area (TPSA) is 63.3 Å². The minimum atomic E-state index is -0.662. The predicted octanol–water partition coefficient (Wildman–Crippen LogP) is 3.82. The highest BCUT2D eigenvalue weighted by Gasteiger charge is 2.32. The Kier molecular flexibility index (Phi) is 5.40. The Labute approximate surface area is 159 Å². The van der Waals surface area contributed by atoms with Crippen molar-refractivity contribution in [3.05, 3.63) is 59.8 Å². The molecule has 0 aliphatic carbocycles. The van der Waals surface area contributed by atoms with Crippen LogP contribution in [0.1, 0.15) is 25.0 Å². The average Bonchev–Trinajstić information content (AvgIpc) is 3.12. The maximum Gasteiger partial charge on any atom is 0.230 e. The number of carbonyl (C=O) groups excluding carboxylic acids is 1. The molecule has 0 saturated heterocycles. The highest BCUT2D eigenvalue weighted by molar-refractivity contribution is 5.95. The van der Waals surface area contributed by atoms with Gasteiger partial charge in [-0.3, -0.25) is 4.79 Å². The molecular formula is C22H26N2O3. The van der Waals surface area contributed by atoms with E-state index in [0.717, 1.165) is 39.9 Å². The van der Waals surface area contributed by atoms with E-state index in [0.29, 0.717) is 6.54 Å². The van der Waals surface area contributed by atoms with Gasteiger partial charge in [-0.25, -0.2) is 0 Å². The van der Waals surface area contributed by atoms with E-state index in [1.165, 1.54) is 0 Å². The highest BCUT2D eigenvalue weighted by Crippen LogP contribution is 2.32. The van der Waals surface area contributed by atoms with E-state index >= 15 is 0 Å². The Balaban J connectivity index is 1.69. The third-order valence-corrected chi connectivity index (χ3v) is 4.99. The van der Waals surface area contributed by atoms with Gasteiger partial charge in [0.25, 0.3) is 0 Å². The van der Waals surface area contributed by atoms with Gasteiger partial charge < -0.3 is 19.8 Å². The molecule has 1 amide bonds. The number of methoxy groups -OCH3 is 2. The summed E-state index contributed by atoms with van der Waals surface area (Å²) in [7, 11) is 3.29. The van der Waals surface area contributed by atoms with Gasteiger partial charge in [0.2, 0.25) is 5.91 Å². The number of ether oxygens (including phenoxy) is 2. The summed E-state index contributed by atoms with van der Waals surface area (Å²) in [6, 6.07) is 13.7. The molecule has 3 rings (SSSR count). The van der Waals surface area contributed by atoms with E-state index < -0.39 is 5.41 Å². The van der Waals surface area contributed by atoms with Crippen LogP contribution in [-0.2, 0) is 16.6 Å². The summed E-state index contributed by atoms with van der Waals surface area (Å²) in [6.45, 7) is 4.47. The molecule has 0 aliphatic heterocycles. The summed E-state index contributed by atoms with van der Waals surface area (Å²) >= 11 is 0. The van der Waals surface area contributed by atoms with E-state index in [1.54, 1.807) is 14.2 Å². The summed E-state index contributed by atoms with van der Waals surface area (Å²) in [6.07, 6.45) is 2.68. The zero-order valence-corrected chi connectivity index (χ0v) is 16.3. The monoisotopic (exact) mass is 366 g/mol. The van der Waals surface area contributed by atoms with Crippen LogP contribution >= 0.6 is 0 Å². The van der Waals surface area contributed by atoms with E-state index in [2.05, 4.69) is 10.3 Å². The van der Waals surface area contributed by atoms with Crippen LogP contribution in [0.4, 0.5) is 0 Å². The van der Waals surface area contributed by atoms with E-state index in [9.17, 15) is 4.79 Å². The molecule has 27 heavy (non-hydrogen) atoms. The highest BCUT2D eigenvalue weighted by atomic mass is 16.5. The maximum atomic E-state index is 12.9. The minimum absolute atomic E-state index is 0.000249. The van der Waals surface area contributed by atoms with Crippen LogP contribution in [0.25, 0.3) is 10.9 Å². The van der Waals surface area contributed by atoms with Crippen LogP contribution in [0, 0.1) is 0 Å². The minimum Gasteiger partial charge on any atom is -0.497 e. The standard InChI is InChI=1S/C22H26N2O3/c1-22(2,19-14-24-20-10-9-17(27-4)13-18(19)20)21(25)23-12-11-15-5-7-16(26-3)8-6-15/h5-10,13-14,24H,11-12H2,1-4H3,(H,23,25). The fraction of sp³-hybridized carbons (Fsp3) is 0.318. The largest absolute Gasteiger partial charge is 0.497 e. The number of amides is 1. The molecule has 1 aromatic heterocycles. The third-order valence-electron chi connectivity index (χ3n) is 4.99. The lowest BCUT2D eigenvalue weighted by molar-refractivity contribution is -0.125. The number of benzene rings is 2. The van der Waals surface area contributed by atoms with Gasteiger partial charge in [0.1, 0.15) is 11.5 Å². The number of rotatable bonds is 7. The van der Waals surface area contributed by atoms with Crippen LogP contribution in [-0.4, -0.2) is 31.7 Å². The van der Waals surface area contributed by atoms with Crippen LogP contribution in [0.2, 0.25) is 0 Å². The molecule has 142 valence electrons. The van der Waals surface area contributed by atoms with Gasteiger partial charge >= 0.3 is 0 Å². The van der Waals surface area contributed by atoms with Crippen LogP contribution in [0.5, 0.6) is 11.5 Å². The second-order valence-corrected chi connectivity index (χ2v) is 7.09. The molecule has 5 heteroatoms. The Bertz CT molecular complexity index is 926. The predicted molar refractivity (Wildman–Crippen MR) is 108 cm³/mol. The summed E-state index contributed by atoms with van der Waals surface area (Å²) in [5, 5.41) is 4.07. The Morgan fingerprint density at radius 3 is 2.37 bits per heavy atom. The van der Waals surface area contributed by atoms with Crippen molar-refractivity contribution in [2.45, 2.75) is 25.7 Å². The second-order valence-electron chi connectivity index (χ2n) is 7.09. The molecule has 0 atom stereocenters. The SMILES string of the molecule is COc1ccc(CCNC(=O)C(C)(C)c2c[nH]c3ccc(OC)cc23)cc1. The summed E-state index contributed by atoms with van der Waals surface area (Å²) < 4.78 is 10.5. The Hall–Kier alpha value is -2.95. The molecule has 0 fully saturated rings. The van der Waals surface area contributed by atoms with Gasteiger partial charge in [0.15, 0.2) is 0 Å². The first-order valence-electron chi connectivity index (χ1n) is 9.02. The van der Waals surface area contributed by atoms with Crippen LogP contribution in [0.15, 0.2) is 48.7 Å². The number of nitrogens with one attached hydrogen (secondary N) is 2. The third kappa shape index (κ3) is 3.92. The lowest BCUT2D eigenvalue weighted by Crippen LogP contribution is -2.40. The number of hydrogen-bond donors (Lipinski definition) is 2. The van der Waals surface area contributed by atoms with Crippen molar-refractivity contribution in [2.75, 3.05) is 20.8 Å². The van der Waals surface area contributed by atoms with Gasteiger partial charge in [0, 0.05) is 23.6 Å². The van der Waals surface area contributed by atoms with Gasteiger partial charge in [-0.2, -0.15) is 0 Å². The second kappa shape index (κ2) is 7.74. The molecule has 1 heterocycles. The normalized spacial score (nSPS) is 11.4. The van der Waals surface area contributed by atoms with Crippen LogP contribution in [0.3, 0.4) is 0 Å². The molecule has 2 aromatic carbocycles. The molecule has 0 unspecified atom stereocenters. The number of carbonyl (C=O) groups is 1. The van der Waals surface area contributed by atoms with Crippen molar-refractivity contribution in [2.24, 2.45) is 0 Å². The van der Waals surface area contributed by atoms with Crippen molar-refractivity contribution >= 4 is 16.8 Å². The molecule has 5 nitrogen and oxygen atoms in total. The number of aromatic amines is 1. The fourth-order valence-electron chi connectivity index (χ4n) is 3.20. The molecule has 0 spiro atoms. The van der Waals surface area contributed by atoms with E-state index in [-0.39, 0.29) is 5.91 Å². The summed E-state index contributed by atoms with van der Waals surface area (Å²) in [5.41, 5.74) is 2.44. The maximum absolute atomic E-state index is 12.9. The van der Waals surface area contributed by atoms with E-state index in [4.69, 9.17) is 9.47 Å². The van der Waals surface area contributed by atoms with Crippen molar-refractivity contribution in [1.82, 2.24) is 10.3 Å². The molecule has 0 aliphatic rings. The quantitative estimate of drug-likeness (QED) is 0.668. The van der Waals surface area contributed by atoms with Gasteiger partial charge in [-0.1, -0.05) is 12.1 Å². The lowest BCUT2D eigenvalue weighted by Gasteiger charge is -2.23. The zero-order valence-electron chi connectivity index (χ0n) is 16.3. The van der Waals surface area contributed by atoms with Crippen molar-refractivity contribution in [1.29, 1.82) is 0 Å². The molecule has 3 aromatic rings. The molecule has 0 radical (unpaired) electrons. The van der Waals surface area contributed by atoms with Crippen LogP contribution < -0.4 is 14.8 Å². The molecule has 0 bridgehead atoms. The lowest BCUT2D eigenvalue weighted by atomic mass is 9.83. The number of H-pyrrole nitrogens is 1. The number of aromatic nitrogens is 1. The smallest absolute Gasteiger partial charge is 0.230 e. The Morgan fingerprint density at radius 2 is 1.70 bits per heavy atom. The fourth-order valence-corrected chi connectivity index (χ4v) is 3.20. The Morgan fingerprint density at radius 1 is 1.04 bits per heavy atom. The van der Waals surface area contributed by atoms with E-state index in [1.807, 2.05) is 62.5 Å². The molecule has 0 saturated carbocycles. The van der Waals surface area contributed by atoms with Crippen molar-refractivity contribution in [3.63, 3.8) is 0 Å². The number of hydrogen-bond acceptors (Lipinski definition) is 3. The zero-order chi connectivity index (χ0) is 19.4. The van der Waals surface area contributed by atoms with Gasteiger partial charge in [-0.05, 0) is 61.7 Å². The first-order valence-corrected chi connectivity index (χ1v) is 9.02. The number of fused-ring (bicyclic) bond motifs is 1. The van der Waals surface area contributed by atoms with Crippen molar-refractivity contribution < 1.29 is 14.3 Å². The summed E-state index contributed by atoms with van der Waals surface area (Å²) in [4.78, 5) is 16.1. The van der Waals surface area contributed by atoms with Gasteiger partial charge in [-0.15, -0.1) is 0 Å². The average molecular weight is 366 g/mol. The molecule has 2 N–H and O–H groups in total. The first kappa shape index (κ1) is 18.8.